The summed E-state index contributed by atoms with van der Waals surface area (Å²) in [6.45, 7) is 1.29. The molecule has 1 aliphatic heterocycles. The van der Waals surface area contributed by atoms with Gasteiger partial charge in [0, 0.05) is 31.0 Å². The molecule has 2 atom stereocenters. The largest absolute Gasteiger partial charge is 0.368 e. The van der Waals surface area contributed by atoms with Crippen LogP contribution >= 0.6 is 0 Å². The van der Waals surface area contributed by atoms with Crippen LogP contribution in [0, 0.1) is 0 Å². The molecule has 2 aromatic rings. The molecule has 1 aliphatic rings. The number of hydrogen-bond donors (Lipinski definition) is 1. The highest BCUT2D eigenvalue weighted by Gasteiger charge is 2.24. The van der Waals surface area contributed by atoms with E-state index in [2.05, 4.69) is 22.4 Å². The molecule has 3 rings (SSSR count). The van der Waals surface area contributed by atoms with Crippen molar-refractivity contribution in [3.8, 4) is 0 Å². The first kappa shape index (κ1) is 15.7. The maximum Gasteiger partial charge on any atom is 0.249 e. The van der Waals surface area contributed by atoms with E-state index in [9.17, 15) is 4.79 Å². The summed E-state index contributed by atoms with van der Waals surface area (Å²) in [5, 5.41) is 3.05. The molecule has 1 aromatic heterocycles. The average Bonchev–Trinajstić information content (AvgIpc) is 3.15. The van der Waals surface area contributed by atoms with Gasteiger partial charge in [-0.05, 0) is 37.0 Å². The number of amides is 1. The van der Waals surface area contributed by atoms with Crippen LogP contribution in [0.2, 0.25) is 0 Å². The lowest BCUT2D eigenvalue weighted by Crippen LogP contribution is -2.37. The van der Waals surface area contributed by atoms with Crippen LogP contribution in [-0.2, 0) is 16.0 Å². The second-order valence-corrected chi connectivity index (χ2v) is 5.88. The maximum atomic E-state index is 12.2. The second-order valence-electron chi connectivity index (χ2n) is 5.88. The topological polar surface area (TPSA) is 51.2 Å². The first-order chi connectivity index (χ1) is 11.3. The maximum absolute atomic E-state index is 12.2. The van der Waals surface area contributed by atoms with Crippen LogP contribution in [0.15, 0.2) is 54.7 Å². The summed E-state index contributed by atoms with van der Waals surface area (Å²) in [5.74, 6) is 0.209. The number of carbonyl (C=O) groups excluding carboxylic acids is 1. The number of ether oxygens (including phenoxy) is 1. The van der Waals surface area contributed by atoms with Crippen LogP contribution in [0.3, 0.4) is 0 Å². The summed E-state index contributed by atoms with van der Waals surface area (Å²) in [7, 11) is 0. The lowest BCUT2D eigenvalue weighted by molar-refractivity contribution is -0.130. The highest BCUT2D eigenvalue weighted by atomic mass is 16.5. The third-order valence-corrected chi connectivity index (χ3v) is 4.20. The molecule has 0 radical (unpaired) electrons. The molecular weight excluding hydrogens is 288 g/mol. The molecule has 0 spiro atoms. The van der Waals surface area contributed by atoms with Gasteiger partial charge >= 0.3 is 0 Å². The number of nitrogens with zero attached hydrogens (tertiary/aromatic N) is 1. The van der Waals surface area contributed by atoms with Gasteiger partial charge in [-0.25, -0.2) is 0 Å². The summed E-state index contributed by atoms with van der Waals surface area (Å²) >= 11 is 0. The van der Waals surface area contributed by atoms with Gasteiger partial charge < -0.3 is 10.1 Å². The zero-order valence-electron chi connectivity index (χ0n) is 13.2. The van der Waals surface area contributed by atoms with Crippen molar-refractivity contribution >= 4 is 5.91 Å². The van der Waals surface area contributed by atoms with E-state index >= 15 is 0 Å². The Balaban J connectivity index is 1.66. The van der Waals surface area contributed by atoms with Crippen molar-refractivity contribution in [1.82, 2.24) is 10.3 Å². The average molecular weight is 310 g/mol. The van der Waals surface area contributed by atoms with Crippen LogP contribution in [0.1, 0.15) is 30.0 Å². The number of rotatable bonds is 6. The van der Waals surface area contributed by atoms with E-state index in [-0.39, 0.29) is 17.9 Å². The fraction of sp³-hybridized carbons (Fsp3) is 0.368. The second kappa shape index (κ2) is 7.88. The van der Waals surface area contributed by atoms with Crippen molar-refractivity contribution < 1.29 is 9.53 Å². The highest BCUT2D eigenvalue weighted by molar-refractivity contribution is 5.81. The summed E-state index contributed by atoms with van der Waals surface area (Å²) < 4.78 is 5.45. The molecule has 1 fully saturated rings. The summed E-state index contributed by atoms with van der Waals surface area (Å²) in [5.41, 5.74) is 2.25. The van der Waals surface area contributed by atoms with Crippen molar-refractivity contribution in [3.05, 3.63) is 66.0 Å². The predicted octanol–water partition coefficient (Wildman–Crippen LogP) is 2.70. The Morgan fingerprint density at radius 2 is 2.04 bits per heavy atom. The van der Waals surface area contributed by atoms with Gasteiger partial charge in [-0.1, -0.05) is 36.4 Å². The minimum atomic E-state index is -0.277. The van der Waals surface area contributed by atoms with E-state index < -0.39 is 0 Å². The molecule has 23 heavy (non-hydrogen) atoms. The van der Waals surface area contributed by atoms with Crippen molar-refractivity contribution in [2.45, 2.75) is 31.3 Å². The molecule has 2 unspecified atom stereocenters. The summed E-state index contributed by atoms with van der Waals surface area (Å²) in [6.07, 6.45) is 4.12. The van der Waals surface area contributed by atoms with E-state index in [0.717, 1.165) is 25.0 Å². The molecule has 1 N–H and O–H groups in total. The Morgan fingerprint density at radius 1 is 1.22 bits per heavy atom. The zero-order chi connectivity index (χ0) is 15.9. The van der Waals surface area contributed by atoms with Gasteiger partial charge in [0.05, 0.1) is 0 Å². The van der Waals surface area contributed by atoms with Crippen LogP contribution in [0.4, 0.5) is 0 Å². The van der Waals surface area contributed by atoms with Gasteiger partial charge in [-0.2, -0.15) is 0 Å². The van der Waals surface area contributed by atoms with E-state index in [0.29, 0.717) is 13.2 Å². The number of pyridine rings is 1. The Hall–Kier alpha value is -2.20. The van der Waals surface area contributed by atoms with Gasteiger partial charge in [0.2, 0.25) is 5.91 Å². The van der Waals surface area contributed by atoms with Gasteiger partial charge in [-0.15, -0.1) is 0 Å². The summed E-state index contributed by atoms with van der Waals surface area (Å²) in [6, 6.07) is 16.2. The standard InChI is InChI=1S/C19H22N2O2/c22-19(18-10-6-12-23-18)21-14-16(15-7-2-1-3-8-15)13-17-9-4-5-11-20-17/h1-5,7-9,11,16,18H,6,10,12-14H2,(H,21,22). The first-order valence-corrected chi connectivity index (χ1v) is 8.17. The first-order valence-electron chi connectivity index (χ1n) is 8.17. The highest BCUT2D eigenvalue weighted by Crippen LogP contribution is 2.20. The fourth-order valence-corrected chi connectivity index (χ4v) is 2.93. The molecule has 4 heteroatoms. The molecule has 4 nitrogen and oxygen atoms in total. The van der Waals surface area contributed by atoms with Crippen LogP contribution in [0.25, 0.3) is 0 Å². The third kappa shape index (κ3) is 4.39. The minimum absolute atomic E-state index is 0.00412. The molecule has 1 aromatic carbocycles. The molecular formula is C19H22N2O2. The van der Waals surface area contributed by atoms with E-state index in [4.69, 9.17) is 4.74 Å². The number of carbonyl (C=O) groups is 1. The van der Waals surface area contributed by atoms with Crippen LogP contribution in [-0.4, -0.2) is 30.1 Å². The smallest absolute Gasteiger partial charge is 0.249 e. The van der Waals surface area contributed by atoms with E-state index in [1.54, 1.807) is 0 Å². The van der Waals surface area contributed by atoms with Crippen LogP contribution < -0.4 is 5.32 Å². The molecule has 1 saturated heterocycles. The SMILES string of the molecule is O=C(NCC(Cc1ccccn1)c1ccccc1)C1CCCO1. The number of benzene rings is 1. The van der Waals surface area contributed by atoms with Crippen molar-refractivity contribution in [2.24, 2.45) is 0 Å². The number of hydrogen-bond acceptors (Lipinski definition) is 3. The van der Waals surface area contributed by atoms with Crippen molar-refractivity contribution in [2.75, 3.05) is 13.2 Å². The lowest BCUT2D eigenvalue weighted by atomic mass is 9.93. The molecule has 0 aliphatic carbocycles. The third-order valence-electron chi connectivity index (χ3n) is 4.20. The van der Waals surface area contributed by atoms with E-state index in [1.165, 1.54) is 5.56 Å². The molecule has 0 bridgehead atoms. The molecule has 2 heterocycles. The van der Waals surface area contributed by atoms with Crippen molar-refractivity contribution in [1.29, 1.82) is 0 Å². The van der Waals surface area contributed by atoms with Gasteiger partial charge in [0.25, 0.3) is 0 Å². The summed E-state index contributed by atoms with van der Waals surface area (Å²) in [4.78, 5) is 16.6. The predicted molar refractivity (Wildman–Crippen MR) is 89.1 cm³/mol. The Labute approximate surface area is 136 Å². The van der Waals surface area contributed by atoms with E-state index in [1.807, 2.05) is 42.6 Å². The zero-order valence-corrected chi connectivity index (χ0v) is 13.2. The Bertz CT molecular complexity index is 610. The molecule has 0 saturated carbocycles. The van der Waals surface area contributed by atoms with Crippen molar-refractivity contribution in [3.63, 3.8) is 0 Å². The molecule has 120 valence electrons. The normalized spacial score (nSPS) is 18.5. The monoisotopic (exact) mass is 310 g/mol. The molecule has 1 amide bonds. The minimum Gasteiger partial charge on any atom is -0.368 e. The fourth-order valence-electron chi connectivity index (χ4n) is 2.93. The quantitative estimate of drug-likeness (QED) is 0.892. The Kier molecular flexibility index (Phi) is 5.37. The number of aromatic nitrogens is 1. The lowest BCUT2D eigenvalue weighted by Gasteiger charge is -2.19. The van der Waals surface area contributed by atoms with Gasteiger partial charge in [0.1, 0.15) is 6.10 Å². The Morgan fingerprint density at radius 3 is 2.74 bits per heavy atom. The van der Waals surface area contributed by atoms with Gasteiger partial charge in [-0.3, -0.25) is 9.78 Å². The number of nitrogens with one attached hydrogen (secondary N) is 1. The van der Waals surface area contributed by atoms with Gasteiger partial charge in [0.15, 0.2) is 0 Å². The van der Waals surface area contributed by atoms with Crippen LogP contribution in [0.5, 0.6) is 0 Å².